The van der Waals surface area contributed by atoms with Crippen molar-refractivity contribution < 1.29 is 35.5 Å². The van der Waals surface area contributed by atoms with E-state index in [-0.39, 0.29) is 22.3 Å². The molecule has 1 aliphatic heterocycles. The molecule has 12 heteroatoms. The number of alkyl halides is 5. The molecule has 43 heavy (non-hydrogen) atoms. The zero-order chi connectivity index (χ0) is 31.1. The van der Waals surface area contributed by atoms with Crippen LogP contribution in [0, 0.1) is 18.6 Å². The van der Waals surface area contributed by atoms with Crippen LogP contribution in [0.25, 0.3) is 11.1 Å². The fraction of sp³-hybridized carbons (Fsp3) is 0.258. The lowest BCUT2D eigenvalue weighted by molar-refractivity contribution is -0.138. The van der Waals surface area contributed by atoms with Crippen LogP contribution in [0.1, 0.15) is 39.9 Å². The Balaban J connectivity index is 1.79. The summed E-state index contributed by atoms with van der Waals surface area (Å²) < 4.78 is 104. The van der Waals surface area contributed by atoms with Crippen LogP contribution >= 0.6 is 11.8 Å². The van der Waals surface area contributed by atoms with Gasteiger partial charge in [0.25, 0.3) is 5.56 Å². The summed E-state index contributed by atoms with van der Waals surface area (Å²) >= 11 is 1.23. The van der Waals surface area contributed by atoms with Gasteiger partial charge in [-0.1, -0.05) is 48.5 Å². The van der Waals surface area contributed by atoms with Crippen molar-refractivity contribution in [2.24, 2.45) is 0 Å². The molecule has 2 unspecified atom stereocenters. The topological polar surface area (TPSA) is 43.3 Å². The van der Waals surface area contributed by atoms with E-state index in [0.29, 0.717) is 10.8 Å². The Hall–Kier alpha value is -3.77. The maximum absolute atomic E-state index is 15.6. The maximum atomic E-state index is 15.6. The molecule has 4 nitrogen and oxygen atoms in total. The van der Waals surface area contributed by atoms with Crippen LogP contribution in [0.15, 0.2) is 76.6 Å². The minimum atomic E-state index is -4.86. The van der Waals surface area contributed by atoms with E-state index >= 15 is 8.78 Å². The van der Waals surface area contributed by atoms with Gasteiger partial charge in [0.15, 0.2) is 11.6 Å². The van der Waals surface area contributed by atoms with Crippen molar-refractivity contribution in [1.29, 1.82) is 0 Å². The number of nitrogens with zero attached hydrogens (tertiary/aromatic N) is 1. The van der Waals surface area contributed by atoms with Crippen LogP contribution in [-0.4, -0.2) is 24.0 Å². The van der Waals surface area contributed by atoms with Crippen LogP contribution in [0.2, 0.25) is 0 Å². The monoisotopic (exact) mass is 622 g/mol. The highest BCUT2D eigenvalue weighted by molar-refractivity contribution is 7.99. The number of aromatic nitrogens is 1. The highest BCUT2D eigenvalue weighted by Crippen LogP contribution is 2.45. The quantitative estimate of drug-likeness (QED) is 0.203. The number of hydrogen-bond donors (Lipinski definition) is 1. The largest absolute Gasteiger partial charge is 0.432 e. The molecule has 0 spiro atoms. The number of pyridine rings is 1. The number of likely N-dealkylation sites (N-methyl/N-ethyl adjacent to an activating group) is 1. The number of halogens is 7. The zero-order valence-corrected chi connectivity index (χ0v) is 23.6. The second kappa shape index (κ2) is 12.1. The first kappa shape index (κ1) is 30.7. The van der Waals surface area contributed by atoms with E-state index in [1.165, 1.54) is 35.4 Å². The Morgan fingerprint density at radius 3 is 2.35 bits per heavy atom. The SMILES string of the molecule is CNC(c1ccccc1)C1CSc2c(Cc3c(F)cccc3C(F)(F)F)c(C)c(-c3cccc(OC(F)F)c3F)c(=O)n21. The van der Waals surface area contributed by atoms with Crippen molar-refractivity contribution in [1.82, 2.24) is 9.88 Å². The van der Waals surface area contributed by atoms with Gasteiger partial charge in [0.05, 0.1) is 28.2 Å². The molecular formula is C31H25F7N2O2S. The Labute approximate surface area is 246 Å². The molecule has 0 bridgehead atoms. The van der Waals surface area contributed by atoms with Crippen molar-refractivity contribution in [2.75, 3.05) is 12.8 Å². The lowest BCUT2D eigenvalue weighted by Crippen LogP contribution is -2.35. The lowest BCUT2D eigenvalue weighted by atomic mass is 9.91. The minimum absolute atomic E-state index is 0.106. The number of hydrogen-bond acceptors (Lipinski definition) is 4. The highest BCUT2D eigenvalue weighted by atomic mass is 32.2. The number of rotatable bonds is 8. The molecule has 0 saturated carbocycles. The summed E-state index contributed by atoms with van der Waals surface area (Å²) in [5.74, 6) is -2.79. The van der Waals surface area contributed by atoms with E-state index < -0.39 is 65.4 Å². The smallest absolute Gasteiger partial charge is 0.416 e. The zero-order valence-electron chi connectivity index (χ0n) is 22.8. The van der Waals surface area contributed by atoms with E-state index in [0.717, 1.165) is 29.8 Å². The van der Waals surface area contributed by atoms with Crippen LogP contribution in [0.3, 0.4) is 0 Å². The van der Waals surface area contributed by atoms with Crippen molar-refractivity contribution >= 4 is 11.8 Å². The Bertz CT molecular complexity index is 1710. The first-order chi connectivity index (χ1) is 20.4. The average molecular weight is 623 g/mol. The summed E-state index contributed by atoms with van der Waals surface area (Å²) in [5, 5.41) is 3.52. The van der Waals surface area contributed by atoms with Crippen LogP contribution in [0.5, 0.6) is 5.75 Å². The van der Waals surface area contributed by atoms with Gasteiger partial charge in [0, 0.05) is 23.3 Å². The van der Waals surface area contributed by atoms with Gasteiger partial charge in [0.2, 0.25) is 0 Å². The van der Waals surface area contributed by atoms with Gasteiger partial charge in [-0.05, 0) is 48.9 Å². The summed E-state index contributed by atoms with van der Waals surface area (Å²) in [6.07, 6.45) is -5.42. The molecule has 0 radical (unpaired) electrons. The van der Waals surface area contributed by atoms with E-state index in [1.54, 1.807) is 7.05 Å². The number of benzene rings is 3. The molecule has 1 N–H and O–H groups in total. The maximum Gasteiger partial charge on any atom is 0.416 e. The van der Waals surface area contributed by atoms with Crippen molar-refractivity contribution in [2.45, 2.75) is 43.2 Å². The molecule has 1 aromatic heterocycles. The number of ether oxygens (including phenoxy) is 1. The van der Waals surface area contributed by atoms with Gasteiger partial charge in [-0.25, -0.2) is 8.78 Å². The molecule has 2 atom stereocenters. The second-order valence-corrected chi connectivity index (χ2v) is 11.0. The molecule has 1 aliphatic rings. The third-order valence-corrected chi connectivity index (χ3v) is 8.77. The second-order valence-electron chi connectivity index (χ2n) is 9.95. The molecule has 3 aromatic carbocycles. The van der Waals surface area contributed by atoms with Gasteiger partial charge in [-0.3, -0.25) is 9.36 Å². The molecule has 0 saturated heterocycles. The molecule has 0 aliphatic carbocycles. The minimum Gasteiger partial charge on any atom is -0.432 e. The van der Waals surface area contributed by atoms with Gasteiger partial charge in [0.1, 0.15) is 5.82 Å². The standard InChI is InChI=1S/C31H25F7N2O2S/c1-16-19(14-20-21(31(36,37)38)11-7-12-22(20)32)29-40(23(15-43-29)27(39-2)17-8-4-3-5-9-17)28(41)25(16)18-10-6-13-24(26(18)33)42-30(34)35/h3-13,23,27,30,39H,14-15H2,1-2H3. The summed E-state index contributed by atoms with van der Waals surface area (Å²) in [6, 6.07) is 14.2. The summed E-state index contributed by atoms with van der Waals surface area (Å²) in [5.41, 5.74) is -1.94. The van der Waals surface area contributed by atoms with E-state index in [9.17, 15) is 26.7 Å². The number of thioether (sulfide) groups is 1. The summed E-state index contributed by atoms with van der Waals surface area (Å²) in [7, 11) is 1.70. The van der Waals surface area contributed by atoms with E-state index in [2.05, 4.69) is 10.1 Å². The predicted octanol–water partition coefficient (Wildman–Crippen LogP) is 7.92. The first-order valence-corrected chi connectivity index (χ1v) is 14.1. The Morgan fingerprint density at radius 2 is 1.70 bits per heavy atom. The first-order valence-electron chi connectivity index (χ1n) is 13.1. The molecule has 2 heterocycles. The van der Waals surface area contributed by atoms with Gasteiger partial charge in [-0.2, -0.15) is 22.0 Å². The molecule has 0 amide bonds. The Kier molecular flexibility index (Phi) is 8.62. The Morgan fingerprint density at radius 1 is 1.00 bits per heavy atom. The number of nitrogens with one attached hydrogen (secondary N) is 1. The number of fused-ring (bicyclic) bond motifs is 1. The molecule has 4 aromatic rings. The molecule has 0 fully saturated rings. The fourth-order valence-corrected chi connectivity index (χ4v) is 7.04. The highest BCUT2D eigenvalue weighted by Gasteiger charge is 2.38. The lowest BCUT2D eigenvalue weighted by Gasteiger charge is -2.27. The normalized spacial score (nSPS) is 15.5. The predicted molar refractivity (Wildman–Crippen MR) is 150 cm³/mol. The molecule has 5 rings (SSSR count). The van der Waals surface area contributed by atoms with Gasteiger partial charge in [-0.15, -0.1) is 11.8 Å². The third kappa shape index (κ3) is 5.77. The van der Waals surface area contributed by atoms with Gasteiger partial charge < -0.3 is 10.1 Å². The third-order valence-electron chi connectivity index (χ3n) is 7.54. The van der Waals surface area contributed by atoms with E-state index in [4.69, 9.17) is 0 Å². The molecule has 226 valence electrons. The summed E-state index contributed by atoms with van der Waals surface area (Å²) in [4.78, 5) is 14.2. The van der Waals surface area contributed by atoms with E-state index in [1.807, 2.05) is 30.3 Å². The van der Waals surface area contributed by atoms with Crippen LogP contribution < -0.4 is 15.6 Å². The summed E-state index contributed by atoms with van der Waals surface area (Å²) in [6.45, 7) is -1.91. The fourth-order valence-electron chi connectivity index (χ4n) is 5.61. The van der Waals surface area contributed by atoms with Gasteiger partial charge >= 0.3 is 12.8 Å². The molecular weight excluding hydrogens is 597 g/mol. The van der Waals surface area contributed by atoms with Crippen LogP contribution in [-0.2, 0) is 12.6 Å². The van der Waals surface area contributed by atoms with Crippen molar-refractivity contribution in [3.05, 3.63) is 117 Å². The average Bonchev–Trinajstić information content (AvgIpc) is 3.39. The van der Waals surface area contributed by atoms with Crippen molar-refractivity contribution in [3.8, 4) is 16.9 Å². The van der Waals surface area contributed by atoms with Crippen molar-refractivity contribution in [3.63, 3.8) is 0 Å². The van der Waals surface area contributed by atoms with Crippen LogP contribution in [0.4, 0.5) is 30.7 Å².